The molecule has 0 saturated carbocycles. The Balaban J connectivity index is 1.46. The van der Waals surface area contributed by atoms with E-state index in [1.165, 1.54) is 25.5 Å². The van der Waals surface area contributed by atoms with Gasteiger partial charge in [-0.2, -0.15) is 0 Å². The smallest absolute Gasteiger partial charge is 0.264 e. The van der Waals surface area contributed by atoms with Gasteiger partial charge in [-0.3, -0.25) is 9.59 Å². The van der Waals surface area contributed by atoms with E-state index < -0.39 is 11.5 Å². The zero-order chi connectivity index (χ0) is 20.2. The van der Waals surface area contributed by atoms with Crippen molar-refractivity contribution in [3.05, 3.63) is 75.7 Å². The fourth-order valence-electron chi connectivity index (χ4n) is 3.42. The first-order chi connectivity index (χ1) is 14.1. The Morgan fingerprint density at radius 2 is 1.69 bits per heavy atom. The third-order valence-corrected chi connectivity index (χ3v) is 5.26. The van der Waals surface area contributed by atoms with E-state index in [4.69, 9.17) is 11.6 Å². The van der Waals surface area contributed by atoms with Crippen molar-refractivity contribution in [2.75, 3.05) is 23.3 Å². The molecule has 2 aromatic carbocycles. The fourth-order valence-corrected chi connectivity index (χ4v) is 3.54. The third-order valence-electron chi connectivity index (χ3n) is 5.01. The molecule has 4 rings (SSSR count). The number of halogens is 1. The second kappa shape index (κ2) is 8.49. The average molecular weight is 409 g/mol. The number of piperidine rings is 1. The summed E-state index contributed by atoms with van der Waals surface area (Å²) in [7, 11) is 0. The van der Waals surface area contributed by atoms with E-state index in [9.17, 15) is 9.59 Å². The first-order valence-corrected chi connectivity index (χ1v) is 9.99. The summed E-state index contributed by atoms with van der Waals surface area (Å²) in [6.45, 7) is 2.12. The highest BCUT2D eigenvalue weighted by Gasteiger charge is 2.14. The number of anilines is 2. The Kier molecular flexibility index (Phi) is 5.62. The van der Waals surface area contributed by atoms with Gasteiger partial charge in [-0.25, -0.2) is 4.98 Å². The van der Waals surface area contributed by atoms with E-state index in [-0.39, 0.29) is 5.56 Å². The highest BCUT2D eigenvalue weighted by Crippen LogP contribution is 2.22. The van der Waals surface area contributed by atoms with Crippen LogP contribution in [0.5, 0.6) is 0 Å². The van der Waals surface area contributed by atoms with Crippen LogP contribution in [0.3, 0.4) is 0 Å². The Labute approximate surface area is 173 Å². The van der Waals surface area contributed by atoms with Crippen LogP contribution in [0.2, 0.25) is 5.02 Å². The Morgan fingerprint density at radius 3 is 2.34 bits per heavy atom. The molecule has 1 aromatic heterocycles. The van der Waals surface area contributed by atoms with Crippen LogP contribution in [0.1, 0.15) is 29.6 Å². The molecule has 1 amide bonds. The number of hydrogen-bond acceptors (Lipinski definition) is 4. The molecule has 7 heteroatoms. The van der Waals surface area contributed by atoms with Gasteiger partial charge in [-0.15, -0.1) is 0 Å². The van der Waals surface area contributed by atoms with Crippen LogP contribution in [0.4, 0.5) is 11.4 Å². The number of rotatable bonds is 4. The number of nitrogens with one attached hydrogen (secondary N) is 2. The van der Waals surface area contributed by atoms with E-state index in [0.29, 0.717) is 22.1 Å². The largest absolute Gasteiger partial charge is 0.372 e. The van der Waals surface area contributed by atoms with Gasteiger partial charge in [0.15, 0.2) is 0 Å². The van der Waals surface area contributed by atoms with Gasteiger partial charge in [0, 0.05) is 41.2 Å². The molecule has 29 heavy (non-hydrogen) atoms. The predicted octanol–water partition coefficient (Wildman–Crippen LogP) is 4.33. The van der Waals surface area contributed by atoms with E-state index in [1.807, 2.05) is 24.3 Å². The molecule has 1 saturated heterocycles. The Morgan fingerprint density at radius 1 is 1.00 bits per heavy atom. The van der Waals surface area contributed by atoms with E-state index >= 15 is 0 Å². The molecular weight excluding hydrogens is 388 g/mol. The summed E-state index contributed by atoms with van der Waals surface area (Å²) in [5.41, 5.74) is 1.97. The minimum atomic E-state index is -0.493. The molecule has 1 aliphatic heterocycles. The van der Waals surface area contributed by atoms with Crippen molar-refractivity contribution < 1.29 is 4.79 Å². The van der Waals surface area contributed by atoms with Gasteiger partial charge in [-0.1, -0.05) is 11.6 Å². The van der Waals surface area contributed by atoms with Gasteiger partial charge in [0.25, 0.3) is 11.5 Å². The van der Waals surface area contributed by atoms with Crippen LogP contribution >= 0.6 is 11.6 Å². The lowest BCUT2D eigenvalue weighted by atomic mass is 10.1. The summed E-state index contributed by atoms with van der Waals surface area (Å²) >= 11 is 5.88. The highest BCUT2D eigenvalue weighted by atomic mass is 35.5. The van der Waals surface area contributed by atoms with Crippen LogP contribution in [0.25, 0.3) is 11.4 Å². The van der Waals surface area contributed by atoms with Crippen LogP contribution < -0.4 is 15.8 Å². The van der Waals surface area contributed by atoms with E-state index in [0.717, 1.165) is 18.8 Å². The van der Waals surface area contributed by atoms with Gasteiger partial charge < -0.3 is 15.2 Å². The molecule has 0 unspecified atom stereocenters. The molecule has 1 aliphatic rings. The number of nitrogens with zero attached hydrogens (tertiary/aromatic N) is 2. The number of carbonyl (C=O) groups is 1. The molecule has 0 atom stereocenters. The van der Waals surface area contributed by atoms with Crippen molar-refractivity contribution in [2.45, 2.75) is 19.3 Å². The van der Waals surface area contributed by atoms with Gasteiger partial charge in [0.1, 0.15) is 11.4 Å². The summed E-state index contributed by atoms with van der Waals surface area (Å²) < 4.78 is 0. The van der Waals surface area contributed by atoms with Crippen LogP contribution in [-0.2, 0) is 0 Å². The van der Waals surface area contributed by atoms with Crippen LogP contribution in [0, 0.1) is 0 Å². The molecule has 0 aliphatic carbocycles. The molecule has 2 N–H and O–H groups in total. The van der Waals surface area contributed by atoms with Gasteiger partial charge >= 0.3 is 0 Å². The lowest BCUT2D eigenvalue weighted by Gasteiger charge is -2.28. The topological polar surface area (TPSA) is 78.1 Å². The molecule has 0 radical (unpaired) electrons. The lowest BCUT2D eigenvalue weighted by Crippen LogP contribution is -2.29. The summed E-state index contributed by atoms with van der Waals surface area (Å²) in [6.07, 6.45) is 4.99. The molecule has 3 aromatic rings. The van der Waals surface area contributed by atoms with Gasteiger partial charge in [-0.05, 0) is 67.8 Å². The van der Waals surface area contributed by atoms with Gasteiger partial charge in [0.2, 0.25) is 0 Å². The zero-order valence-corrected chi connectivity index (χ0v) is 16.6. The number of benzene rings is 2. The lowest BCUT2D eigenvalue weighted by molar-refractivity contribution is 0.102. The number of aromatic amines is 1. The van der Waals surface area contributed by atoms with Crippen molar-refractivity contribution >= 4 is 28.9 Å². The quantitative estimate of drug-likeness (QED) is 0.673. The zero-order valence-electron chi connectivity index (χ0n) is 15.8. The average Bonchev–Trinajstić information content (AvgIpc) is 2.75. The summed E-state index contributed by atoms with van der Waals surface area (Å²) in [5, 5.41) is 3.36. The third kappa shape index (κ3) is 4.49. The minimum absolute atomic E-state index is 0.0391. The maximum atomic E-state index is 12.5. The fraction of sp³-hybridized carbons (Fsp3) is 0.227. The van der Waals surface area contributed by atoms with Crippen molar-refractivity contribution in [3.63, 3.8) is 0 Å². The van der Waals surface area contributed by atoms with Crippen molar-refractivity contribution in [3.8, 4) is 11.4 Å². The van der Waals surface area contributed by atoms with Gasteiger partial charge in [0.05, 0.1) is 0 Å². The Bertz CT molecular complexity index is 1060. The van der Waals surface area contributed by atoms with Crippen LogP contribution in [0.15, 0.2) is 59.5 Å². The van der Waals surface area contributed by atoms with Crippen molar-refractivity contribution in [1.29, 1.82) is 0 Å². The molecule has 6 nitrogen and oxygen atoms in total. The van der Waals surface area contributed by atoms with Crippen molar-refractivity contribution in [2.24, 2.45) is 0 Å². The SMILES string of the molecule is O=C(Nc1ccc(N2CCCCC2)cc1)c1cnc(-c2ccc(Cl)cc2)[nH]c1=O. The standard InChI is InChI=1S/C22H21ClN4O2/c23-16-6-4-15(5-7-16)20-24-14-19(22(29)26-20)21(28)25-17-8-10-18(11-9-17)27-12-2-1-3-13-27/h4-11,14H,1-3,12-13H2,(H,25,28)(H,24,26,29). The highest BCUT2D eigenvalue weighted by molar-refractivity contribution is 6.30. The minimum Gasteiger partial charge on any atom is -0.372 e. The normalized spacial score (nSPS) is 13.9. The molecule has 1 fully saturated rings. The summed E-state index contributed by atoms with van der Waals surface area (Å²) in [4.78, 5) is 34.1. The predicted molar refractivity (Wildman–Crippen MR) is 116 cm³/mol. The first-order valence-electron chi connectivity index (χ1n) is 9.62. The molecule has 0 bridgehead atoms. The van der Waals surface area contributed by atoms with Crippen molar-refractivity contribution in [1.82, 2.24) is 9.97 Å². The molecule has 148 valence electrons. The summed E-state index contributed by atoms with van der Waals surface area (Å²) in [5.74, 6) is -0.110. The Hall–Kier alpha value is -3.12. The maximum Gasteiger partial charge on any atom is 0.264 e. The maximum absolute atomic E-state index is 12.5. The molecule has 2 heterocycles. The summed E-state index contributed by atoms with van der Waals surface area (Å²) in [6, 6.07) is 14.6. The van der Waals surface area contributed by atoms with Crippen LogP contribution in [-0.4, -0.2) is 29.0 Å². The number of carbonyl (C=O) groups excluding carboxylic acids is 1. The second-order valence-corrected chi connectivity index (χ2v) is 7.47. The van der Waals surface area contributed by atoms with E-state index in [1.54, 1.807) is 24.3 Å². The monoisotopic (exact) mass is 408 g/mol. The molecular formula is C22H21ClN4O2. The molecule has 0 spiro atoms. The number of H-pyrrole nitrogens is 1. The number of amides is 1. The van der Waals surface area contributed by atoms with E-state index in [2.05, 4.69) is 20.2 Å². The first kappa shape index (κ1) is 19.2. The second-order valence-electron chi connectivity index (χ2n) is 7.03. The number of aromatic nitrogens is 2. The number of hydrogen-bond donors (Lipinski definition) is 2.